The number of halogens is 2. The lowest BCUT2D eigenvalue weighted by atomic mass is 10.2. The Morgan fingerprint density at radius 1 is 1.20 bits per heavy atom. The second kappa shape index (κ2) is 9.39. The first-order chi connectivity index (χ1) is 12.0. The molecule has 0 spiro atoms. The van der Waals surface area contributed by atoms with Crippen molar-refractivity contribution in [1.29, 1.82) is 0 Å². The average Bonchev–Trinajstić information content (AvgIpc) is 2.61. The predicted octanol–water partition coefficient (Wildman–Crippen LogP) is 4.55. The van der Waals surface area contributed by atoms with E-state index in [0.29, 0.717) is 23.7 Å². The summed E-state index contributed by atoms with van der Waals surface area (Å²) >= 11 is 6.74. The fourth-order valence-corrected chi connectivity index (χ4v) is 2.72. The lowest BCUT2D eigenvalue weighted by molar-refractivity contribution is 0.0952. The van der Waals surface area contributed by atoms with Crippen molar-refractivity contribution >= 4 is 44.0 Å². The first-order valence-electron chi connectivity index (χ1n) is 7.25. The van der Waals surface area contributed by atoms with Gasteiger partial charge in [-0.15, -0.1) is 0 Å². The molecule has 0 heterocycles. The minimum atomic E-state index is -0.377. The quantitative estimate of drug-likeness (QED) is 0.369. The van der Waals surface area contributed by atoms with Crippen LogP contribution in [0.25, 0.3) is 0 Å². The molecule has 5 nitrogen and oxygen atoms in total. The van der Waals surface area contributed by atoms with E-state index in [-0.39, 0.29) is 5.91 Å². The number of rotatable bonds is 7. The normalized spacial score (nSPS) is 10.5. The average molecular weight is 468 g/mol. The second-order valence-corrected chi connectivity index (χ2v) is 6.66. The molecule has 0 radical (unpaired) electrons. The number of amides is 1. The number of nitrogens with zero attached hydrogens (tertiary/aromatic N) is 1. The molecule has 130 valence electrons. The zero-order valence-corrected chi connectivity index (χ0v) is 16.6. The Bertz CT molecular complexity index is 807. The minimum Gasteiger partial charge on any atom is -0.496 e. The molecule has 7 heteroatoms. The van der Waals surface area contributed by atoms with Crippen molar-refractivity contribution in [3.05, 3.63) is 69.1 Å². The fraction of sp³-hybridized carbons (Fsp3) is 0.111. The summed E-state index contributed by atoms with van der Waals surface area (Å²) in [4.78, 5) is 12.3. The number of nitrogens with one attached hydrogen (secondary N) is 1. The third-order valence-corrected chi connectivity index (χ3v) is 4.09. The van der Waals surface area contributed by atoms with E-state index in [9.17, 15) is 4.79 Å². The molecule has 1 amide bonds. The first-order valence-corrected chi connectivity index (χ1v) is 8.84. The van der Waals surface area contributed by atoms with Crippen LogP contribution in [0.5, 0.6) is 11.5 Å². The Labute approximate surface area is 163 Å². The van der Waals surface area contributed by atoms with Gasteiger partial charge in [0.2, 0.25) is 0 Å². The van der Waals surface area contributed by atoms with Crippen molar-refractivity contribution < 1.29 is 14.3 Å². The molecule has 0 atom stereocenters. The third-order valence-electron chi connectivity index (χ3n) is 3.10. The maximum absolute atomic E-state index is 12.3. The second-order valence-electron chi connectivity index (χ2n) is 4.83. The molecule has 0 aromatic heterocycles. The summed E-state index contributed by atoms with van der Waals surface area (Å²) in [6.45, 7) is 4.00. The molecule has 0 bridgehead atoms. The molecule has 0 aliphatic rings. The maximum atomic E-state index is 12.3. The van der Waals surface area contributed by atoms with Crippen LogP contribution in [0.4, 0.5) is 0 Å². The standard InChI is InChI=1S/C18H16Br2N2O3/c1-3-8-25-16-6-4-13(19)9-12(16)11-21-22-18(23)15-10-14(20)5-7-17(15)24-2/h3-7,9-11H,1,8H2,2H3,(H,22,23)/b21-11+. The minimum absolute atomic E-state index is 0.377. The van der Waals surface area contributed by atoms with Crippen molar-refractivity contribution in [2.75, 3.05) is 13.7 Å². The van der Waals surface area contributed by atoms with Crippen molar-refractivity contribution in [2.24, 2.45) is 5.10 Å². The van der Waals surface area contributed by atoms with E-state index in [1.165, 1.54) is 13.3 Å². The Hall–Kier alpha value is -2.12. The van der Waals surface area contributed by atoms with E-state index >= 15 is 0 Å². The zero-order valence-electron chi connectivity index (χ0n) is 13.5. The van der Waals surface area contributed by atoms with Gasteiger partial charge in [-0.2, -0.15) is 5.10 Å². The maximum Gasteiger partial charge on any atom is 0.275 e. The number of hydrogen-bond acceptors (Lipinski definition) is 4. The van der Waals surface area contributed by atoms with Gasteiger partial charge in [0.1, 0.15) is 18.1 Å². The molecule has 0 unspecified atom stereocenters. The van der Waals surface area contributed by atoms with Gasteiger partial charge in [-0.25, -0.2) is 5.43 Å². The monoisotopic (exact) mass is 466 g/mol. The van der Waals surface area contributed by atoms with E-state index in [0.717, 1.165) is 14.5 Å². The third kappa shape index (κ3) is 5.44. The van der Waals surface area contributed by atoms with Crippen molar-refractivity contribution in [3.8, 4) is 11.5 Å². The molecule has 2 aromatic rings. The highest BCUT2D eigenvalue weighted by Gasteiger charge is 2.12. The predicted molar refractivity (Wildman–Crippen MR) is 106 cm³/mol. The number of carbonyl (C=O) groups excluding carboxylic acids is 1. The molecule has 0 saturated heterocycles. The highest BCUT2D eigenvalue weighted by molar-refractivity contribution is 9.10. The van der Waals surface area contributed by atoms with E-state index < -0.39 is 0 Å². The largest absolute Gasteiger partial charge is 0.496 e. The zero-order chi connectivity index (χ0) is 18.2. The van der Waals surface area contributed by atoms with Gasteiger partial charge >= 0.3 is 0 Å². The lowest BCUT2D eigenvalue weighted by Gasteiger charge is -2.08. The molecule has 0 aliphatic carbocycles. The Morgan fingerprint density at radius 2 is 1.88 bits per heavy atom. The van der Waals surface area contributed by atoms with Crippen LogP contribution in [0.3, 0.4) is 0 Å². The van der Waals surface area contributed by atoms with Crippen LogP contribution in [-0.4, -0.2) is 25.8 Å². The number of methoxy groups -OCH3 is 1. The number of ether oxygens (including phenoxy) is 2. The molecular formula is C18H16Br2N2O3. The van der Waals surface area contributed by atoms with Crippen LogP contribution in [0.2, 0.25) is 0 Å². The van der Waals surface area contributed by atoms with Crippen LogP contribution in [-0.2, 0) is 0 Å². The van der Waals surface area contributed by atoms with Crippen molar-refractivity contribution in [3.63, 3.8) is 0 Å². The van der Waals surface area contributed by atoms with Gasteiger partial charge < -0.3 is 9.47 Å². The lowest BCUT2D eigenvalue weighted by Crippen LogP contribution is -2.18. The molecule has 25 heavy (non-hydrogen) atoms. The van der Waals surface area contributed by atoms with Crippen LogP contribution >= 0.6 is 31.9 Å². The van der Waals surface area contributed by atoms with Crippen molar-refractivity contribution in [1.82, 2.24) is 5.43 Å². The summed E-state index contributed by atoms with van der Waals surface area (Å²) in [6, 6.07) is 10.7. The van der Waals surface area contributed by atoms with Gasteiger partial charge in [-0.05, 0) is 36.4 Å². The van der Waals surface area contributed by atoms with Gasteiger partial charge in [0.05, 0.1) is 18.9 Å². The van der Waals surface area contributed by atoms with Crippen LogP contribution in [0, 0.1) is 0 Å². The summed E-state index contributed by atoms with van der Waals surface area (Å²) in [5.74, 6) is 0.729. The van der Waals surface area contributed by atoms with E-state index in [1.807, 2.05) is 18.2 Å². The Morgan fingerprint density at radius 3 is 2.56 bits per heavy atom. The van der Waals surface area contributed by atoms with E-state index in [2.05, 4.69) is 49.0 Å². The molecule has 1 N–H and O–H groups in total. The van der Waals surface area contributed by atoms with E-state index in [4.69, 9.17) is 9.47 Å². The molecule has 0 fully saturated rings. The first kappa shape index (κ1) is 19.2. The molecule has 2 rings (SSSR count). The molecule has 0 saturated carbocycles. The smallest absolute Gasteiger partial charge is 0.275 e. The Balaban J connectivity index is 2.15. The summed E-state index contributed by atoms with van der Waals surface area (Å²) in [6.07, 6.45) is 3.18. The summed E-state index contributed by atoms with van der Waals surface area (Å²) in [5.41, 5.74) is 3.59. The van der Waals surface area contributed by atoms with E-state index in [1.54, 1.807) is 24.3 Å². The fourth-order valence-electron chi connectivity index (χ4n) is 1.98. The van der Waals surface area contributed by atoms with Crippen molar-refractivity contribution in [2.45, 2.75) is 0 Å². The highest BCUT2D eigenvalue weighted by Crippen LogP contribution is 2.23. The Kier molecular flexibility index (Phi) is 7.21. The number of carbonyl (C=O) groups is 1. The van der Waals surface area contributed by atoms with Crippen LogP contribution < -0.4 is 14.9 Å². The summed E-state index contributed by atoms with van der Waals surface area (Å²) in [5, 5.41) is 4.01. The topological polar surface area (TPSA) is 59.9 Å². The summed E-state index contributed by atoms with van der Waals surface area (Å²) < 4.78 is 12.4. The number of hydrazone groups is 1. The molecular weight excluding hydrogens is 452 g/mol. The van der Waals surface area contributed by atoms with Gasteiger partial charge in [-0.1, -0.05) is 44.5 Å². The number of hydrogen-bond donors (Lipinski definition) is 1. The number of benzene rings is 2. The van der Waals surface area contributed by atoms with Crippen LogP contribution in [0.1, 0.15) is 15.9 Å². The van der Waals surface area contributed by atoms with Crippen LogP contribution in [0.15, 0.2) is 63.1 Å². The molecule has 2 aromatic carbocycles. The van der Waals surface area contributed by atoms with Gasteiger partial charge in [0.25, 0.3) is 5.91 Å². The SMILES string of the molecule is C=CCOc1ccc(Br)cc1/C=N/NC(=O)c1cc(Br)ccc1OC. The van der Waals surface area contributed by atoms with Gasteiger partial charge in [0, 0.05) is 14.5 Å². The summed E-state index contributed by atoms with van der Waals surface area (Å²) in [7, 11) is 1.51. The van der Waals surface area contributed by atoms with Gasteiger partial charge in [0.15, 0.2) is 0 Å². The highest BCUT2D eigenvalue weighted by atomic mass is 79.9. The molecule has 0 aliphatic heterocycles. The van der Waals surface area contributed by atoms with Gasteiger partial charge in [-0.3, -0.25) is 4.79 Å².